The van der Waals surface area contributed by atoms with Gasteiger partial charge in [0.1, 0.15) is 0 Å². The maximum Gasteiger partial charge on any atom is 0.262 e. The molecule has 0 saturated carbocycles. The zero-order chi connectivity index (χ0) is 15.2. The van der Waals surface area contributed by atoms with Crippen molar-refractivity contribution in [2.75, 3.05) is 24.8 Å². The average molecular weight is 307 g/mol. The minimum absolute atomic E-state index is 0.150. The lowest BCUT2D eigenvalue weighted by Gasteiger charge is -2.11. The first-order chi connectivity index (χ1) is 10.1. The van der Waals surface area contributed by atoms with Crippen molar-refractivity contribution < 1.29 is 14.3 Å². The van der Waals surface area contributed by atoms with E-state index in [0.29, 0.717) is 27.9 Å². The summed E-state index contributed by atoms with van der Waals surface area (Å²) >= 11 is 5.80. The molecule has 5 nitrogen and oxygen atoms in total. The molecule has 0 aliphatic carbocycles. The first kappa shape index (κ1) is 15.0. The molecule has 0 heterocycles. The van der Waals surface area contributed by atoms with Gasteiger partial charge in [-0.25, -0.2) is 0 Å². The van der Waals surface area contributed by atoms with Crippen LogP contribution in [0.5, 0.6) is 11.5 Å². The lowest BCUT2D eigenvalue weighted by Crippen LogP contribution is -2.21. The van der Waals surface area contributed by atoms with Gasteiger partial charge in [-0.15, -0.1) is 0 Å². The summed E-state index contributed by atoms with van der Waals surface area (Å²) in [6.07, 6.45) is 0. The highest BCUT2D eigenvalue weighted by atomic mass is 35.5. The highest BCUT2D eigenvalue weighted by molar-refractivity contribution is 6.31. The number of ether oxygens (including phenoxy) is 2. The second-order valence-corrected chi connectivity index (χ2v) is 4.66. The standard InChI is InChI=1S/C15H15ClN2O3/c1-20-13-4-2-3-5-14(13)21-9-15(19)18-12-7-6-10(16)8-11(12)17/h2-8H,9,17H2,1H3,(H,18,19). The van der Waals surface area contributed by atoms with Crippen molar-refractivity contribution in [1.82, 2.24) is 0 Å². The molecule has 1 amide bonds. The third-order valence-electron chi connectivity index (χ3n) is 2.72. The Morgan fingerprint density at radius 2 is 1.95 bits per heavy atom. The van der Waals surface area contributed by atoms with Gasteiger partial charge in [0, 0.05) is 5.02 Å². The highest BCUT2D eigenvalue weighted by Crippen LogP contribution is 2.26. The third-order valence-corrected chi connectivity index (χ3v) is 2.95. The Morgan fingerprint density at radius 1 is 1.24 bits per heavy atom. The summed E-state index contributed by atoms with van der Waals surface area (Å²) in [7, 11) is 1.54. The number of nitrogen functional groups attached to an aromatic ring is 1. The van der Waals surface area contributed by atoms with Crippen LogP contribution in [0.1, 0.15) is 0 Å². The summed E-state index contributed by atoms with van der Waals surface area (Å²) in [4.78, 5) is 11.9. The van der Waals surface area contributed by atoms with Crippen LogP contribution in [0.2, 0.25) is 5.02 Å². The molecule has 0 saturated heterocycles. The number of hydrogen-bond acceptors (Lipinski definition) is 4. The van der Waals surface area contributed by atoms with Crippen LogP contribution in [0.4, 0.5) is 11.4 Å². The van der Waals surface area contributed by atoms with Crippen molar-refractivity contribution in [3.05, 3.63) is 47.5 Å². The molecule has 0 unspecified atom stereocenters. The van der Waals surface area contributed by atoms with Crippen molar-refractivity contribution in [1.29, 1.82) is 0 Å². The van der Waals surface area contributed by atoms with Gasteiger partial charge in [-0.3, -0.25) is 4.79 Å². The number of nitrogens with one attached hydrogen (secondary N) is 1. The van der Waals surface area contributed by atoms with E-state index in [1.165, 1.54) is 7.11 Å². The fourth-order valence-corrected chi connectivity index (χ4v) is 1.90. The monoisotopic (exact) mass is 306 g/mol. The Kier molecular flexibility index (Phi) is 4.90. The van der Waals surface area contributed by atoms with Gasteiger partial charge in [0.2, 0.25) is 0 Å². The van der Waals surface area contributed by atoms with Crippen LogP contribution in [-0.2, 0) is 4.79 Å². The smallest absolute Gasteiger partial charge is 0.262 e. The first-order valence-corrected chi connectivity index (χ1v) is 6.58. The average Bonchev–Trinajstić information content (AvgIpc) is 2.48. The van der Waals surface area contributed by atoms with E-state index >= 15 is 0 Å². The number of benzene rings is 2. The van der Waals surface area contributed by atoms with E-state index in [2.05, 4.69) is 5.32 Å². The predicted octanol–water partition coefficient (Wildman–Crippen LogP) is 2.95. The number of amides is 1. The van der Waals surface area contributed by atoms with Crippen LogP contribution >= 0.6 is 11.6 Å². The molecule has 3 N–H and O–H groups in total. The Hall–Kier alpha value is -2.40. The summed E-state index contributed by atoms with van der Waals surface area (Å²) in [5.41, 5.74) is 6.65. The largest absolute Gasteiger partial charge is 0.493 e. The SMILES string of the molecule is COc1ccccc1OCC(=O)Nc1ccc(Cl)cc1N. The van der Waals surface area contributed by atoms with Gasteiger partial charge >= 0.3 is 0 Å². The van der Waals surface area contributed by atoms with Crippen molar-refractivity contribution >= 4 is 28.9 Å². The molecule has 0 bridgehead atoms. The normalized spacial score (nSPS) is 10.0. The van der Waals surface area contributed by atoms with Crippen molar-refractivity contribution in [3.63, 3.8) is 0 Å². The molecule has 21 heavy (non-hydrogen) atoms. The lowest BCUT2D eigenvalue weighted by molar-refractivity contribution is -0.118. The molecule has 110 valence electrons. The summed E-state index contributed by atoms with van der Waals surface area (Å²) in [6.45, 7) is -0.150. The Labute approximate surface area is 127 Å². The molecule has 0 radical (unpaired) electrons. The summed E-state index contributed by atoms with van der Waals surface area (Å²) in [5, 5.41) is 3.17. The highest BCUT2D eigenvalue weighted by Gasteiger charge is 2.09. The summed E-state index contributed by atoms with van der Waals surface area (Å²) in [6, 6.07) is 12.0. The second-order valence-electron chi connectivity index (χ2n) is 4.22. The minimum Gasteiger partial charge on any atom is -0.493 e. The van der Waals surface area contributed by atoms with Crippen molar-refractivity contribution in [2.24, 2.45) is 0 Å². The van der Waals surface area contributed by atoms with Gasteiger partial charge in [0.05, 0.1) is 18.5 Å². The van der Waals surface area contributed by atoms with E-state index < -0.39 is 0 Å². The minimum atomic E-state index is -0.324. The molecule has 6 heteroatoms. The number of methoxy groups -OCH3 is 1. The van der Waals surface area contributed by atoms with E-state index in [-0.39, 0.29) is 12.5 Å². The van der Waals surface area contributed by atoms with Crippen LogP contribution in [-0.4, -0.2) is 19.6 Å². The van der Waals surface area contributed by atoms with Crippen LogP contribution in [0.15, 0.2) is 42.5 Å². The van der Waals surface area contributed by atoms with E-state index in [1.54, 1.807) is 36.4 Å². The maximum absolute atomic E-state index is 11.9. The third kappa shape index (κ3) is 4.03. The Balaban J connectivity index is 1.96. The van der Waals surface area contributed by atoms with Crippen molar-refractivity contribution in [2.45, 2.75) is 0 Å². The number of hydrogen-bond donors (Lipinski definition) is 2. The van der Waals surface area contributed by atoms with Crippen LogP contribution in [0, 0.1) is 0 Å². The van der Waals surface area contributed by atoms with Crippen LogP contribution < -0.4 is 20.5 Å². The quantitative estimate of drug-likeness (QED) is 0.833. The van der Waals surface area contributed by atoms with E-state index in [9.17, 15) is 4.79 Å². The van der Waals surface area contributed by atoms with E-state index in [0.717, 1.165) is 0 Å². The summed E-state index contributed by atoms with van der Waals surface area (Å²) < 4.78 is 10.6. The molecule has 2 aromatic rings. The van der Waals surface area contributed by atoms with Gasteiger partial charge in [-0.1, -0.05) is 23.7 Å². The molecule has 2 aromatic carbocycles. The molecule has 0 aliphatic heterocycles. The fraction of sp³-hybridized carbons (Fsp3) is 0.133. The van der Waals surface area contributed by atoms with E-state index in [4.69, 9.17) is 26.8 Å². The Bertz CT molecular complexity index is 647. The first-order valence-electron chi connectivity index (χ1n) is 6.21. The topological polar surface area (TPSA) is 73.6 Å². The molecular formula is C15H15ClN2O3. The maximum atomic E-state index is 11.9. The number of para-hydroxylation sites is 2. The zero-order valence-corrected chi connectivity index (χ0v) is 12.2. The van der Waals surface area contributed by atoms with Crippen LogP contribution in [0.3, 0.4) is 0 Å². The molecule has 0 fully saturated rings. The lowest BCUT2D eigenvalue weighted by atomic mass is 10.2. The van der Waals surface area contributed by atoms with Gasteiger partial charge < -0.3 is 20.5 Å². The number of rotatable bonds is 5. The Morgan fingerprint density at radius 3 is 2.62 bits per heavy atom. The van der Waals surface area contributed by atoms with Gasteiger partial charge in [-0.2, -0.15) is 0 Å². The van der Waals surface area contributed by atoms with Gasteiger partial charge in [-0.05, 0) is 30.3 Å². The summed E-state index contributed by atoms with van der Waals surface area (Å²) in [5.74, 6) is 0.741. The number of carbonyl (C=O) groups is 1. The number of halogens is 1. The second kappa shape index (κ2) is 6.85. The molecule has 0 spiro atoms. The molecule has 0 aliphatic rings. The van der Waals surface area contributed by atoms with Crippen molar-refractivity contribution in [3.8, 4) is 11.5 Å². The molecule has 0 aromatic heterocycles. The number of carbonyl (C=O) groups excluding carboxylic acids is 1. The molecular weight excluding hydrogens is 292 g/mol. The zero-order valence-electron chi connectivity index (χ0n) is 11.4. The van der Waals surface area contributed by atoms with E-state index in [1.807, 2.05) is 6.07 Å². The number of nitrogens with two attached hydrogens (primary N) is 1. The predicted molar refractivity (Wildman–Crippen MR) is 83.0 cm³/mol. The van der Waals surface area contributed by atoms with Gasteiger partial charge in [0.25, 0.3) is 5.91 Å². The number of anilines is 2. The molecule has 2 rings (SSSR count). The van der Waals surface area contributed by atoms with Gasteiger partial charge in [0.15, 0.2) is 18.1 Å². The van der Waals surface area contributed by atoms with Crippen LogP contribution in [0.25, 0.3) is 0 Å². The molecule has 0 atom stereocenters. The fourth-order valence-electron chi connectivity index (χ4n) is 1.72.